The molecule has 4 aromatic rings. The summed E-state index contributed by atoms with van der Waals surface area (Å²) in [5.74, 6) is -0.306. The quantitative estimate of drug-likeness (QED) is 0.435. The van der Waals surface area contributed by atoms with Gasteiger partial charge in [0.15, 0.2) is 23.1 Å². The summed E-state index contributed by atoms with van der Waals surface area (Å²) in [6.45, 7) is 0.160. The van der Waals surface area contributed by atoms with E-state index < -0.39 is 6.09 Å². The molecule has 12 heteroatoms. The van der Waals surface area contributed by atoms with Crippen LogP contribution in [0.15, 0.2) is 42.6 Å². The van der Waals surface area contributed by atoms with Gasteiger partial charge >= 0.3 is 6.09 Å². The second-order valence-electron chi connectivity index (χ2n) is 6.28. The molecule has 1 aromatic carbocycles. The van der Waals surface area contributed by atoms with Crippen LogP contribution in [0.3, 0.4) is 0 Å². The summed E-state index contributed by atoms with van der Waals surface area (Å²) in [4.78, 5) is 24.3. The van der Waals surface area contributed by atoms with Crippen molar-refractivity contribution >= 4 is 46.9 Å². The molecule has 0 saturated heterocycles. The smallest absolute Gasteiger partial charge is 0.411 e. The molecule has 0 atom stereocenters. The second-order valence-corrected chi connectivity index (χ2v) is 6.28. The number of nitrogens with one attached hydrogen (secondary N) is 1. The van der Waals surface area contributed by atoms with E-state index in [1.165, 1.54) is 13.2 Å². The van der Waals surface area contributed by atoms with Crippen molar-refractivity contribution in [3.8, 4) is 11.5 Å². The Bertz CT molecular complexity index is 1240. The molecular formula is C19H18ClFN8O2. The molecular weight excluding hydrogens is 427 g/mol. The largest absolute Gasteiger partial charge is 0.453 e. The Balaban J connectivity index is 0.00000272. The van der Waals surface area contributed by atoms with E-state index in [0.29, 0.717) is 22.3 Å². The van der Waals surface area contributed by atoms with Gasteiger partial charge in [0.2, 0.25) is 0 Å². The maximum Gasteiger partial charge on any atom is 0.411 e. The average molecular weight is 445 g/mol. The third-order valence-corrected chi connectivity index (χ3v) is 4.37. The molecule has 160 valence electrons. The Morgan fingerprint density at radius 3 is 2.55 bits per heavy atom. The van der Waals surface area contributed by atoms with E-state index in [1.807, 2.05) is 0 Å². The average Bonchev–Trinajstić information content (AvgIpc) is 3.10. The number of halogens is 2. The molecule has 3 heterocycles. The number of amides is 1. The molecule has 0 fully saturated rings. The van der Waals surface area contributed by atoms with E-state index in [-0.39, 0.29) is 47.9 Å². The first kappa shape index (κ1) is 21.7. The van der Waals surface area contributed by atoms with Crippen molar-refractivity contribution < 1.29 is 13.9 Å². The molecule has 31 heavy (non-hydrogen) atoms. The summed E-state index contributed by atoms with van der Waals surface area (Å²) in [6.07, 6.45) is 0.854. The lowest BCUT2D eigenvalue weighted by atomic mass is 10.2. The van der Waals surface area contributed by atoms with E-state index in [2.05, 4.69) is 30.1 Å². The van der Waals surface area contributed by atoms with Gasteiger partial charge in [0.05, 0.1) is 19.0 Å². The van der Waals surface area contributed by atoms with Crippen LogP contribution in [0.2, 0.25) is 0 Å². The lowest BCUT2D eigenvalue weighted by Crippen LogP contribution is -2.16. The third kappa shape index (κ3) is 4.16. The number of fused-ring (bicyclic) bond motifs is 1. The van der Waals surface area contributed by atoms with Crippen LogP contribution in [0.1, 0.15) is 5.56 Å². The number of nitrogens with zero attached hydrogens (tertiary/aromatic N) is 5. The molecule has 5 N–H and O–H groups in total. The zero-order chi connectivity index (χ0) is 21.3. The highest BCUT2D eigenvalue weighted by Crippen LogP contribution is 2.30. The summed E-state index contributed by atoms with van der Waals surface area (Å²) in [5, 5.41) is 7.54. The number of benzene rings is 1. The van der Waals surface area contributed by atoms with Crippen LogP contribution in [0.4, 0.5) is 26.5 Å². The maximum absolute atomic E-state index is 14.1. The summed E-state index contributed by atoms with van der Waals surface area (Å²) in [5.41, 5.74) is 13.3. The topological polar surface area (TPSA) is 147 Å². The molecule has 0 aliphatic rings. The predicted molar refractivity (Wildman–Crippen MR) is 116 cm³/mol. The highest BCUT2D eigenvalue weighted by atomic mass is 35.5. The number of carbonyl (C=O) groups is 1. The highest BCUT2D eigenvalue weighted by molar-refractivity contribution is 5.94. The minimum Gasteiger partial charge on any atom is -0.453 e. The number of aromatic nitrogens is 5. The lowest BCUT2D eigenvalue weighted by molar-refractivity contribution is 0.187. The summed E-state index contributed by atoms with van der Waals surface area (Å²) >= 11 is 0. The van der Waals surface area contributed by atoms with Gasteiger partial charge in [-0.15, -0.1) is 12.4 Å². The van der Waals surface area contributed by atoms with Crippen molar-refractivity contribution in [1.29, 1.82) is 0 Å². The van der Waals surface area contributed by atoms with Gasteiger partial charge in [0, 0.05) is 11.8 Å². The first-order valence-corrected chi connectivity index (χ1v) is 8.81. The normalized spacial score (nSPS) is 10.5. The fraction of sp³-hybridized carbons (Fsp3) is 0.105. The molecule has 0 saturated carbocycles. The van der Waals surface area contributed by atoms with Crippen LogP contribution in [0.5, 0.6) is 0 Å². The zero-order valence-electron chi connectivity index (χ0n) is 16.2. The second kappa shape index (κ2) is 8.79. The van der Waals surface area contributed by atoms with Gasteiger partial charge < -0.3 is 16.2 Å². The van der Waals surface area contributed by atoms with E-state index in [9.17, 15) is 9.18 Å². The fourth-order valence-electron chi connectivity index (χ4n) is 2.96. The first-order valence-electron chi connectivity index (χ1n) is 8.81. The standard InChI is InChI=1S/C19H17FN8O2.ClH/c1-30-19(29)24-14-15(21)25-17(26-16(14)22)13-11-6-4-8-23-18(11)28(27-13)9-10-5-2-3-7-12(10)20;/h2-8H,9H2,1H3,(H,24,29)(H4,21,22,25,26);1H. The number of methoxy groups -OCH3 is 1. The SMILES string of the molecule is COC(=O)Nc1c(N)nc(-c2nn(Cc3ccccc3F)c3ncccc23)nc1N.Cl. The molecule has 0 spiro atoms. The van der Waals surface area contributed by atoms with Crippen molar-refractivity contribution in [2.75, 3.05) is 23.9 Å². The number of carbonyl (C=O) groups excluding carboxylic acids is 1. The number of nitrogen functional groups attached to an aromatic ring is 2. The van der Waals surface area contributed by atoms with Crippen molar-refractivity contribution in [1.82, 2.24) is 24.7 Å². The van der Waals surface area contributed by atoms with Crippen LogP contribution in [0.25, 0.3) is 22.6 Å². The molecule has 0 aliphatic heterocycles. The van der Waals surface area contributed by atoms with Crippen LogP contribution in [0, 0.1) is 5.82 Å². The minimum absolute atomic E-state index is 0. The monoisotopic (exact) mass is 444 g/mol. The molecule has 1 amide bonds. The summed E-state index contributed by atoms with van der Waals surface area (Å²) in [7, 11) is 1.21. The van der Waals surface area contributed by atoms with Gasteiger partial charge in [0.1, 0.15) is 17.2 Å². The number of hydrogen-bond donors (Lipinski definition) is 3. The number of ether oxygens (including phenoxy) is 1. The summed E-state index contributed by atoms with van der Waals surface area (Å²) in [6, 6.07) is 9.95. The van der Waals surface area contributed by atoms with E-state index in [4.69, 9.17) is 11.5 Å². The number of hydrogen-bond acceptors (Lipinski definition) is 8. The summed E-state index contributed by atoms with van der Waals surface area (Å²) < 4.78 is 20.2. The van der Waals surface area contributed by atoms with Crippen LogP contribution in [-0.4, -0.2) is 37.9 Å². The Morgan fingerprint density at radius 2 is 1.87 bits per heavy atom. The van der Waals surface area contributed by atoms with Gasteiger partial charge in [0.25, 0.3) is 0 Å². The Labute approximate surface area is 181 Å². The molecule has 0 bridgehead atoms. The van der Waals surface area contributed by atoms with E-state index in [1.54, 1.807) is 41.2 Å². The molecule has 4 rings (SSSR count). The van der Waals surface area contributed by atoms with Gasteiger partial charge in [-0.1, -0.05) is 18.2 Å². The number of anilines is 3. The first-order chi connectivity index (χ1) is 14.5. The Morgan fingerprint density at radius 1 is 1.16 bits per heavy atom. The number of rotatable bonds is 4. The molecule has 10 nitrogen and oxygen atoms in total. The minimum atomic E-state index is -0.756. The van der Waals surface area contributed by atoms with Gasteiger partial charge in [-0.3, -0.25) is 5.32 Å². The number of nitrogens with two attached hydrogens (primary N) is 2. The van der Waals surface area contributed by atoms with Crippen molar-refractivity contribution in [2.24, 2.45) is 0 Å². The third-order valence-electron chi connectivity index (χ3n) is 4.37. The lowest BCUT2D eigenvalue weighted by Gasteiger charge is -2.10. The van der Waals surface area contributed by atoms with Crippen molar-refractivity contribution in [3.05, 3.63) is 54.0 Å². The number of pyridine rings is 1. The molecule has 3 aromatic heterocycles. The Hall–Kier alpha value is -3.99. The van der Waals surface area contributed by atoms with E-state index >= 15 is 0 Å². The van der Waals surface area contributed by atoms with Crippen molar-refractivity contribution in [3.63, 3.8) is 0 Å². The van der Waals surface area contributed by atoms with Crippen LogP contribution >= 0.6 is 12.4 Å². The van der Waals surface area contributed by atoms with Gasteiger partial charge in [-0.2, -0.15) is 5.10 Å². The van der Waals surface area contributed by atoms with E-state index in [0.717, 1.165) is 0 Å². The van der Waals surface area contributed by atoms with Crippen LogP contribution < -0.4 is 16.8 Å². The maximum atomic E-state index is 14.1. The van der Waals surface area contributed by atoms with Gasteiger partial charge in [-0.25, -0.2) is 28.8 Å². The molecule has 0 aliphatic carbocycles. The van der Waals surface area contributed by atoms with Crippen molar-refractivity contribution in [2.45, 2.75) is 6.54 Å². The zero-order valence-corrected chi connectivity index (χ0v) is 17.1. The highest BCUT2D eigenvalue weighted by Gasteiger charge is 2.20. The molecule has 0 unspecified atom stereocenters. The fourth-order valence-corrected chi connectivity index (χ4v) is 2.96. The van der Waals surface area contributed by atoms with Gasteiger partial charge in [-0.05, 0) is 18.2 Å². The molecule has 0 radical (unpaired) electrons. The Kier molecular flexibility index (Phi) is 6.16. The predicted octanol–water partition coefficient (Wildman–Crippen LogP) is 2.84. The van der Waals surface area contributed by atoms with Crippen LogP contribution in [-0.2, 0) is 11.3 Å².